The van der Waals surface area contributed by atoms with E-state index in [0.717, 1.165) is 61.3 Å². The maximum absolute atomic E-state index is 17.8. The predicted octanol–water partition coefficient (Wildman–Crippen LogP) is 19.0. The first-order valence-electron chi connectivity index (χ1n) is 25.9. The smallest absolute Gasteiger partial charge is 0.281 e. The summed E-state index contributed by atoms with van der Waals surface area (Å²) in [6, 6.07) is 66.7. The maximum Gasteiger partial charge on any atom is 0.281 e. The Bertz CT molecular complexity index is 4190. The maximum atomic E-state index is 17.8. The number of nitrogens with zero attached hydrogens (tertiary/aromatic N) is 4. The number of ketones is 1. The predicted molar refractivity (Wildman–Crippen MR) is 306 cm³/mol. The topological polar surface area (TPSA) is 52.3 Å². The fraction of sp³-hybridized carbons (Fsp3) is 0.101. The Morgan fingerprint density at radius 3 is 1.54 bits per heavy atom. The van der Waals surface area contributed by atoms with Gasteiger partial charge >= 0.3 is 0 Å². The number of aromatic nitrogens is 1. The third-order valence-electron chi connectivity index (χ3n) is 15.7. The third kappa shape index (κ3) is 7.38. The number of hydrogen-bond acceptors (Lipinski definition) is 4. The average Bonchev–Trinajstić information content (AvgIpc) is 3.26. The molecule has 0 N–H and O–H groups in total. The Kier molecular flexibility index (Phi) is 11.2. The minimum absolute atomic E-state index is 0.00645. The van der Waals surface area contributed by atoms with Gasteiger partial charge in [-0.2, -0.15) is 5.26 Å². The molecule has 2 aliphatic rings. The Hall–Kier alpha value is -9.52. The van der Waals surface area contributed by atoms with E-state index >= 15 is 22.4 Å². The van der Waals surface area contributed by atoms with Gasteiger partial charge in [-0.25, -0.2) is 17.6 Å². The highest BCUT2D eigenvalue weighted by Crippen LogP contribution is 2.63. The number of para-hydroxylation sites is 2. The number of alkyl halides is 4. The van der Waals surface area contributed by atoms with Crippen molar-refractivity contribution in [3.63, 3.8) is 0 Å². The number of carbonyl (C=O) groups is 1. The van der Waals surface area contributed by atoms with E-state index in [1.807, 2.05) is 121 Å². The molecule has 0 bridgehead atoms. The number of rotatable bonds is 8. The summed E-state index contributed by atoms with van der Waals surface area (Å²) in [5.41, 5.74) is 9.39. The summed E-state index contributed by atoms with van der Waals surface area (Å²) in [6.07, 6.45) is -1.91. The van der Waals surface area contributed by atoms with Gasteiger partial charge in [0.05, 0.1) is 62.7 Å². The van der Waals surface area contributed by atoms with Gasteiger partial charge in [0.2, 0.25) is 0 Å². The molecule has 0 saturated carbocycles. The lowest BCUT2D eigenvalue weighted by Gasteiger charge is -2.42. The van der Waals surface area contributed by atoms with Gasteiger partial charge in [-0.1, -0.05) is 152 Å². The lowest BCUT2D eigenvalue weighted by Crippen LogP contribution is -2.28. The van der Waals surface area contributed by atoms with E-state index in [-0.39, 0.29) is 16.8 Å². The van der Waals surface area contributed by atoms with Crippen molar-refractivity contribution in [1.29, 1.82) is 5.26 Å². The van der Waals surface area contributed by atoms with E-state index in [9.17, 15) is 5.26 Å². The van der Waals surface area contributed by atoms with Crippen molar-refractivity contribution in [3.05, 3.63) is 256 Å². The van der Waals surface area contributed by atoms with Gasteiger partial charge in [-0.05, 0) is 138 Å². The van der Waals surface area contributed by atoms with Crippen LogP contribution >= 0.6 is 0 Å². The van der Waals surface area contributed by atoms with Crippen LogP contribution in [-0.2, 0) is 11.8 Å². The summed E-state index contributed by atoms with van der Waals surface area (Å²) in [4.78, 5) is 19.7. The van der Waals surface area contributed by atoms with E-state index < -0.39 is 46.4 Å². The molecule has 78 heavy (non-hydrogen) atoms. The van der Waals surface area contributed by atoms with E-state index in [1.54, 1.807) is 45.9 Å². The third-order valence-corrected chi connectivity index (χ3v) is 15.7. The van der Waals surface area contributed by atoms with Crippen LogP contribution in [0.1, 0.15) is 61.3 Å². The highest BCUT2D eigenvalue weighted by atomic mass is 19.3. The second-order valence-electron chi connectivity index (χ2n) is 20.5. The minimum Gasteiger partial charge on any atom is -0.307 e. The lowest BCUT2D eigenvalue weighted by atomic mass is 9.86. The number of anilines is 6. The molecule has 10 aromatic carbocycles. The Morgan fingerprint density at radius 2 is 0.962 bits per heavy atom. The van der Waals surface area contributed by atoms with Gasteiger partial charge in [0.25, 0.3) is 11.8 Å². The molecule has 1 aliphatic heterocycles. The molecule has 0 unspecified atom stereocenters. The zero-order valence-corrected chi connectivity index (χ0v) is 43.0. The Morgan fingerprint density at radius 1 is 0.462 bits per heavy atom. The Labute approximate surface area is 449 Å². The van der Waals surface area contributed by atoms with Crippen LogP contribution in [0, 0.1) is 39.0 Å². The van der Waals surface area contributed by atoms with E-state index in [0.29, 0.717) is 44.6 Å². The van der Waals surface area contributed by atoms with Gasteiger partial charge in [0, 0.05) is 27.6 Å². The molecule has 0 radical (unpaired) electrons. The summed E-state index contributed by atoms with van der Waals surface area (Å²) in [5.74, 6) is -9.40. The van der Waals surface area contributed by atoms with Crippen molar-refractivity contribution < 1.29 is 22.4 Å². The second kappa shape index (κ2) is 18.1. The first-order valence-corrected chi connectivity index (χ1v) is 25.9. The van der Waals surface area contributed by atoms with Crippen molar-refractivity contribution in [2.24, 2.45) is 0 Å². The first-order chi connectivity index (χ1) is 37.8. The summed E-state index contributed by atoms with van der Waals surface area (Å²) < 4.78 is 72.4. The van der Waals surface area contributed by atoms with Gasteiger partial charge in [0.15, 0.2) is 5.78 Å². The molecule has 11 aromatic rings. The number of fused-ring (bicyclic) bond motifs is 6. The average molecular weight is 1030 g/mol. The Balaban J connectivity index is 1.22. The van der Waals surface area contributed by atoms with Crippen molar-refractivity contribution in [2.45, 2.75) is 46.0 Å². The highest BCUT2D eigenvalue weighted by Gasteiger charge is 2.61. The largest absolute Gasteiger partial charge is 0.307 e. The molecule has 13 rings (SSSR count). The van der Waals surface area contributed by atoms with Gasteiger partial charge in [0.1, 0.15) is 11.6 Å². The summed E-state index contributed by atoms with van der Waals surface area (Å²) in [6.45, 7) is 8.20. The fourth-order valence-corrected chi connectivity index (χ4v) is 12.4. The van der Waals surface area contributed by atoms with Crippen LogP contribution in [0.15, 0.2) is 206 Å². The molecular formula is C69H48F4N4O. The van der Waals surface area contributed by atoms with Crippen molar-refractivity contribution in [2.75, 3.05) is 9.80 Å². The van der Waals surface area contributed by atoms with Crippen LogP contribution in [0.5, 0.6) is 0 Å². The molecule has 0 atom stereocenters. The van der Waals surface area contributed by atoms with Crippen molar-refractivity contribution in [1.82, 2.24) is 4.57 Å². The molecule has 0 saturated heterocycles. The van der Waals surface area contributed by atoms with Crippen molar-refractivity contribution >= 4 is 61.7 Å². The normalized spacial score (nSPS) is 14.0. The molecule has 1 aliphatic carbocycles. The number of benzene rings is 10. The molecule has 2 heterocycles. The van der Waals surface area contributed by atoms with Crippen LogP contribution in [-0.4, -0.2) is 10.4 Å². The van der Waals surface area contributed by atoms with Crippen LogP contribution < -0.4 is 9.80 Å². The summed E-state index contributed by atoms with van der Waals surface area (Å²) >= 11 is 0. The molecule has 378 valence electrons. The summed E-state index contributed by atoms with van der Waals surface area (Å²) in [7, 11) is 0. The van der Waals surface area contributed by atoms with E-state index in [4.69, 9.17) is 0 Å². The van der Waals surface area contributed by atoms with E-state index in [2.05, 4.69) is 75.1 Å². The van der Waals surface area contributed by atoms with Crippen LogP contribution in [0.2, 0.25) is 0 Å². The fourth-order valence-electron chi connectivity index (χ4n) is 12.4. The molecular weight excluding hydrogens is 977 g/mol. The zero-order chi connectivity index (χ0) is 53.8. The standard InChI is InChI=1S/C69H48F4N4O/c1-41-18-16-19-42(2)60(41)48-31-34-56-58(37-48)75(50-26-12-7-13-27-50)59-38-49(61-43(3)20-17-21-44(61)4)32-35-57(59)77(56)65-53(39-74)66(64-63(68(70,71)40-69(64,72)73)62(65)67(78)46-24-10-6-11-25-46)76-54-29-15-14-28-51(54)52-36-47(30-33-55(52)76)45-22-8-5-9-23-45/h5-38H,40H2,1-4H3. The van der Waals surface area contributed by atoms with Gasteiger partial charge in [-0.3, -0.25) is 4.79 Å². The quantitative estimate of drug-likeness (QED) is 0.112. The number of hydrogen-bond donors (Lipinski definition) is 0. The summed E-state index contributed by atoms with van der Waals surface area (Å²) in [5, 5.41) is 13.5. The van der Waals surface area contributed by atoms with Crippen LogP contribution in [0.25, 0.3) is 60.9 Å². The number of halogens is 4. The van der Waals surface area contributed by atoms with Crippen molar-refractivity contribution in [3.8, 4) is 45.1 Å². The van der Waals surface area contributed by atoms with Gasteiger partial charge < -0.3 is 14.4 Å². The zero-order valence-electron chi connectivity index (χ0n) is 43.0. The highest BCUT2D eigenvalue weighted by molar-refractivity contribution is 6.19. The molecule has 9 heteroatoms. The number of aryl methyl sites for hydroxylation is 4. The SMILES string of the molecule is Cc1cccc(C)c1-c1ccc2c(c1)N(c1ccccc1)c1cc(-c3c(C)cccc3C)ccc1N2c1c(C#N)c(-n2c3ccccc3c3cc(-c4ccccc4)ccc32)c2c(c1C(=O)c1ccccc1)C(F)(F)CC2(F)F. The molecule has 0 fully saturated rings. The monoisotopic (exact) mass is 1020 g/mol. The van der Waals surface area contributed by atoms with E-state index in [1.165, 1.54) is 12.1 Å². The second-order valence-corrected chi connectivity index (χ2v) is 20.5. The molecule has 5 nitrogen and oxygen atoms in total. The lowest BCUT2D eigenvalue weighted by molar-refractivity contribution is -0.0925. The van der Waals surface area contributed by atoms with Crippen LogP contribution in [0.4, 0.5) is 51.7 Å². The molecule has 0 amide bonds. The number of nitriles is 1. The minimum atomic E-state index is -4.26. The molecule has 1 aromatic heterocycles. The molecule has 0 spiro atoms. The number of carbonyl (C=O) groups excluding carboxylic acids is 1. The van der Waals surface area contributed by atoms with Gasteiger partial charge in [-0.15, -0.1) is 0 Å². The first kappa shape index (κ1) is 48.1. The van der Waals surface area contributed by atoms with Crippen LogP contribution in [0.3, 0.4) is 0 Å².